The van der Waals surface area contributed by atoms with Gasteiger partial charge in [0.25, 0.3) is 5.91 Å². The Balaban J connectivity index is 2.72. The van der Waals surface area contributed by atoms with Crippen LogP contribution in [-0.4, -0.2) is 34.8 Å². The van der Waals surface area contributed by atoms with Crippen LogP contribution in [0.4, 0.5) is 0 Å². The maximum absolute atomic E-state index is 12.4. The minimum atomic E-state index is -0.245. The summed E-state index contributed by atoms with van der Waals surface area (Å²) < 4.78 is 5.36. The molecule has 0 spiro atoms. The van der Waals surface area contributed by atoms with Crippen LogP contribution in [0.1, 0.15) is 70.3 Å². The van der Waals surface area contributed by atoms with Gasteiger partial charge in [-0.3, -0.25) is 9.59 Å². The second kappa shape index (κ2) is 8.70. The van der Waals surface area contributed by atoms with Crippen molar-refractivity contribution in [2.45, 2.75) is 60.4 Å². The van der Waals surface area contributed by atoms with E-state index >= 15 is 0 Å². The Hall–Kier alpha value is -1.85. The molecule has 0 aliphatic heterocycles. The van der Waals surface area contributed by atoms with Crippen LogP contribution in [0.2, 0.25) is 0 Å². The molecule has 6 nitrogen and oxygen atoms in total. The summed E-state index contributed by atoms with van der Waals surface area (Å²) in [5.41, 5.74) is 0.193. The fraction of sp³-hybridized carbons (Fsp3) is 0.706. The molecule has 2 amide bonds. The standard InChI is InChI=1S/C17H29N3O3/c1-6-8-18-16(22)13-12-23-14(19-13)11-20(9-7-2)15(21)10-17(3,4)5/h12H,6-11H2,1-5H3,(H,18,22). The summed E-state index contributed by atoms with van der Waals surface area (Å²) in [6.45, 7) is 11.7. The molecule has 0 unspecified atom stereocenters. The van der Waals surface area contributed by atoms with Gasteiger partial charge in [-0.25, -0.2) is 4.98 Å². The average Bonchev–Trinajstić information content (AvgIpc) is 2.91. The Labute approximate surface area is 138 Å². The van der Waals surface area contributed by atoms with Gasteiger partial charge in [0.1, 0.15) is 6.26 Å². The van der Waals surface area contributed by atoms with Crippen LogP contribution in [-0.2, 0) is 11.3 Å². The fourth-order valence-corrected chi connectivity index (χ4v) is 2.11. The number of amides is 2. The molecule has 0 saturated heterocycles. The van der Waals surface area contributed by atoms with Crippen molar-refractivity contribution in [2.75, 3.05) is 13.1 Å². The van der Waals surface area contributed by atoms with Gasteiger partial charge in [0.15, 0.2) is 5.69 Å². The van der Waals surface area contributed by atoms with Crippen LogP contribution < -0.4 is 5.32 Å². The molecule has 0 aliphatic carbocycles. The topological polar surface area (TPSA) is 75.4 Å². The SMILES string of the molecule is CCCNC(=O)c1coc(CN(CCC)C(=O)CC(C)(C)C)n1. The first kappa shape index (κ1) is 19.2. The van der Waals surface area contributed by atoms with Crippen molar-refractivity contribution in [3.63, 3.8) is 0 Å². The summed E-state index contributed by atoms with van der Waals surface area (Å²) in [5, 5.41) is 2.75. The zero-order chi connectivity index (χ0) is 17.5. The molecule has 0 radical (unpaired) electrons. The number of nitrogens with one attached hydrogen (secondary N) is 1. The van der Waals surface area contributed by atoms with Gasteiger partial charge in [-0.05, 0) is 18.3 Å². The Morgan fingerprint density at radius 2 is 1.96 bits per heavy atom. The molecule has 1 heterocycles. The summed E-state index contributed by atoms with van der Waals surface area (Å²) in [6, 6.07) is 0. The third kappa shape index (κ3) is 6.84. The van der Waals surface area contributed by atoms with Crippen molar-refractivity contribution in [1.29, 1.82) is 0 Å². The molecule has 130 valence electrons. The summed E-state index contributed by atoms with van der Waals surface area (Å²) in [5.74, 6) is 0.224. The number of carbonyl (C=O) groups is 2. The molecule has 1 N–H and O–H groups in total. The molecule has 23 heavy (non-hydrogen) atoms. The van der Waals surface area contributed by atoms with Crippen LogP contribution in [0.15, 0.2) is 10.7 Å². The molecule has 0 atom stereocenters. The summed E-state index contributed by atoms with van der Waals surface area (Å²) >= 11 is 0. The van der Waals surface area contributed by atoms with Crippen molar-refractivity contribution in [1.82, 2.24) is 15.2 Å². The van der Waals surface area contributed by atoms with Crippen LogP contribution in [0.25, 0.3) is 0 Å². The van der Waals surface area contributed by atoms with Crippen LogP contribution in [0, 0.1) is 5.41 Å². The average molecular weight is 323 g/mol. The first-order valence-corrected chi connectivity index (χ1v) is 8.27. The van der Waals surface area contributed by atoms with Gasteiger partial charge in [0.05, 0.1) is 6.54 Å². The maximum Gasteiger partial charge on any atom is 0.273 e. The summed E-state index contributed by atoms with van der Waals surface area (Å²) in [6.07, 6.45) is 3.54. The number of carbonyl (C=O) groups excluding carboxylic acids is 2. The van der Waals surface area contributed by atoms with Crippen molar-refractivity contribution in [3.8, 4) is 0 Å². The first-order chi connectivity index (χ1) is 10.8. The highest BCUT2D eigenvalue weighted by molar-refractivity contribution is 5.91. The zero-order valence-electron chi connectivity index (χ0n) is 14.9. The van der Waals surface area contributed by atoms with E-state index in [9.17, 15) is 9.59 Å². The molecule has 0 fully saturated rings. The van der Waals surface area contributed by atoms with Gasteiger partial charge in [-0.2, -0.15) is 0 Å². The van der Waals surface area contributed by atoms with E-state index in [1.165, 1.54) is 6.26 Å². The number of nitrogens with zero attached hydrogens (tertiary/aromatic N) is 2. The van der Waals surface area contributed by atoms with E-state index in [-0.39, 0.29) is 22.9 Å². The van der Waals surface area contributed by atoms with E-state index < -0.39 is 0 Å². The molecular weight excluding hydrogens is 294 g/mol. The molecular formula is C17H29N3O3. The number of oxazole rings is 1. The quantitative estimate of drug-likeness (QED) is 0.798. The van der Waals surface area contributed by atoms with E-state index in [2.05, 4.69) is 10.3 Å². The Morgan fingerprint density at radius 1 is 1.26 bits per heavy atom. The maximum atomic E-state index is 12.4. The lowest BCUT2D eigenvalue weighted by Crippen LogP contribution is -2.34. The third-order valence-corrected chi connectivity index (χ3v) is 3.17. The van der Waals surface area contributed by atoms with Crippen LogP contribution >= 0.6 is 0 Å². The molecule has 0 bridgehead atoms. The van der Waals surface area contributed by atoms with Crippen molar-refractivity contribution in [3.05, 3.63) is 17.8 Å². The predicted molar refractivity (Wildman–Crippen MR) is 88.9 cm³/mol. The highest BCUT2D eigenvalue weighted by Crippen LogP contribution is 2.20. The second-order valence-electron chi connectivity index (χ2n) is 6.94. The monoisotopic (exact) mass is 323 g/mol. The lowest BCUT2D eigenvalue weighted by atomic mass is 9.91. The normalized spacial score (nSPS) is 11.3. The van der Waals surface area contributed by atoms with E-state index in [0.717, 1.165) is 12.8 Å². The van der Waals surface area contributed by atoms with Gasteiger partial charge in [0.2, 0.25) is 11.8 Å². The number of aromatic nitrogens is 1. The lowest BCUT2D eigenvalue weighted by Gasteiger charge is -2.25. The van der Waals surface area contributed by atoms with Crippen molar-refractivity contribution < 1.29 is 14.0 Å². The minimum Gasteiger partial charge on any atom is -0.446 e. The fourth-order valence-electron chi connectivity index (χ4n) is 2.11. The Bertz CT molecular complexity index is 517. The summed E-state index contributed by atoms with van der Waals surface area (Å²) in [4.78, 5) is 30.2. The first-order valence-electron chi connectivity index (χ1n) is 8.27. The Kier molecular flexibility index (Phi) is 7.26. The number of hydrogen-bond acceptors (Lipinski definition) is 4. The van der Waals surface area contributed by atoms with E-state index in [1.54, 1.807) is 4.90 Å². The summed E-state index contributed by atoms with van der Waals surface area (Å²) in [7, 11) is 0. The van der Waals surface area contributed by atoms with Gasteiger partial charge >= 0.3 is 0 Å². The van der Waals surface area contributed by atoms with Crippen LogP contribution in [0.3, 0.4) is 0 Å². The van der Waals surface area contributed by atoms with E-state index in [1.807, 2.05) is 34.6 Å². The molecule has 0 aromatic carbocycles. The molecule has 1 aromatic rings. The van der Waals surface area contributed by atoms with Crippen molar-refractivity contribution >= 4 is 11.8 Å². The lowest BCUT2D eigenvalue weighted by molar-refractivity contribution is -0.134. The molecule has 0 saturated carbocycles. The largest absolute Gasteiger partial charge is 0.446 e. The zero-order valence-corrected chi connectivity index (χ0v) is 14.9. The second-order valence-corrected chi connectivity index (χ2v) is 6.94. The predicted octanol–water partition coefficient (Wildman–Crippen LogP) is 2.99. The molecule has 0 aliphatic rings. The minimum absolute atomic E-state index is 0.0646. The smallest absolute Gasteiger partial charge is 0.273 e. The number of rotatable bonds is 8. The molecule has 6 heteroatoms. The molecule has 1 aromatic heterocycles. The third-order valence-electron chi connectivity index (χ3n) is 3.17. The van der Waals surface area contributed by atoms with E-state index in [0.29, 0.717) is 31.9 Å². The van der Waals surface area contributed by atoms with Crippen molar-refractivity contribution in [2.24, 2.45) is 5.41 Å². The van der Waals surface area contributed by atoms with Crippen LogP contribution in [0.5, 0.6) is 0 Å². The van der Waals surface area contributed by atoms with Gasteiger partial charge < -0.3 is 14.6 Å². The number of hydrogen-bond donors (Lipinski definition) is 1. The highest BCUT2D eigenvalue weighted by atomic mass is 16.3. The van der Waals surface area contributed by atoms with Gasteiger partial charge in [-0.1, -0.05) is 34.6 Å². The Morgan fingerprint density at radius 3 is 2.52 bits per heavy atom. The molecule has 1 rings (SSSR count). The van der Waals surface area contributed by atoms with E-state index in [4.69, 9.17) is 4.42 Å². The highest BCUT2D eigenvalue weighted by Gasteiger charge is 2.22. The van der Waals surface area contributed by atoms with Gasteiger partial charge in [0, 0.05) is 19.5 Å². The van der Waals surface area contributed by atoms with Gasteiger partial charge in [-0.15, -0.1) is 0 Å².